The van der Waals surface area contributed by atoms with E-state index in [1.165, 1.54) is 6.33 Å². The number of fused-ring (bicyclic) bond motifs is 1. The summed E-state index contributed by atoms with van der Waals surface area (Å²) >= 11 is 0. The number of para-hydroxylation sites is 1. The van der Waals surface area contributed by atoms with Crippen LogP contribution in [-0.2, 0) is 11.2 Å². The molecule has 0 aliphatic rings. The molecular weight excluding hydrogens is 254 g/mol. The summed E-state index contributed by atoms with van der Waals surface area (Å²) in [6, 6.07) is 11.9. The van der Waals surface area contributed by atoms with Crippen molar-refractivity contribution >= 4 is 22.8 Å². The van der Waals surface area contributed by atoms with Crippen molar-refractivity contribution in [2.75, 3.05) is 5.32 Å². The van der Waals surface area contributed by atoms with Crippen molar-refractivity contribution in [1.82, 2.24) is 20.2 Å². The van der Waals surface area contributed by atoms with Gasteiger partial charge < -0.3 is 0 Å². The average molecular weight is 267 g/mol. The highest BCUT2D eigenvalue weighted by atomic mass is 16.1. The molecule has 1 amide bonds. The Morgan fingerprint density at radius 3 is 2.95 bits per heavy atom. The quantitative estimate of drug-likeness (QED) is 0.756. The van der Waals surface area contributed by atoms with Crippen LogP contribution in [0.1, 0.15) is 12.1 Å². The fourth-order valence-corrected chi connectivity index (χ4v) is 1.95. The van der Waals surface area contributed by atoms with Gasteiger partial charge in [0, 0.05) is 17.5 Å². The van der Waals surface area contributed by atoms with Crippen molar-refractivity contribution in [2.45, 2.75) is 12.8 Å². The van der Waals surface area contributed by atoms with E-state index in [1.807, 2.05) is 36.4 Å². The van der Waals surface area contributed by atoms with Crippen molar-refractivity contribution in [3.63, 3.8) is 0 Å². The maximum Gasteiger partial charge on any atom is 0.227 e. The summed E-state index contributed by atoms with van der Waals surface area (Å²) in [6.07, 6.45) is 2.29. The van der Waals surface area contributed by atoms with Crippen LogP contribution in [0.5, 0.6) is 0 Å². The second-order valence-electron chi connectivity index (χ2n) is 4.38. The predicted molar refractivity (Wildman–Crippen MR) is 75.1 cm³/mol. The summed E-state index contributed by atoms with van der Waals surface area (Å²) in [4.78, 5) is 20.1. The number of nitrogens with one attached hydrogen (secondary N) is 2. The molecular formula is C14H13N5O. The number of aromatic amines is 1. The smallest absolute Gasteiger partial charge is 0.227 e. The molecule has 0 bridgehead atoms. The van der Waals surface area contributed by atoms with Crippen LogP contribution in [0, 0.1) is 0 Å². The van der Waals surface area contributed by atoms with Gasteiger partial charge in [-0.15, -0.1) is 0 Å². The number of rotatable bonds is 4. The van der Waals surface area contributed by atoms with Gasteiger partial charge in [-0.3, -0.25) is 15.1 Å². The van der Waals surface area contributed by atoms with Gasteiger partial charge in [0.15, 0.2) is 0 Å². The molecule has 0 saturated heterocycles. The third-order valence-electron chi connectivity index (χ3n) is 2.94. The summed E-state index contributed by atoms with van der Waals surface area (Å²) in [5, 5.41) is 9.98. The summed E-state index contributed by atoms with van der Waals surface area (Å²) in [6.45, 7) is 0. The van der Waals surface area contributed by atoms with Crippen LogP contribution >= 0.6 is 0 Å². The Morgan fingerprint density at radius 1 is 1.20 bits per heavy atom. The molecule has 0 aliphatic carbocycles. The van der Waals surface area contributed by atoms with Crippen LogP contribution in [0.4, 0.5) is 5.95 Å². The second kappa shape index (κ2) is 5.48. The number of pyridine rings is 1. The Morgan fingerprint density at radius 2 is 2.10 bits per heavy atom. The van der Waals surface area contributed by atoms with Crippen molar-refractivity contribution < 1.29 is 4.79 Å². The number of H-pyrrole nitrogens is 1. The highest BCUT2D eigenvalue weighted by molar-refractivity contribution is 5.89. The van der Waals surface area contributed by atoms with Gasteiger partial charge in [-0.25, -0.2) is 5.10 Å². The monoisotopic (exact) mass is 267 g/mol. The van der Waals surface area contributed by atoms with Crippen LogP contribution < -0.4 is 5.32 Å². The first-order valence-corrected chi connectivity index (χ1v) is 6.31. The first-order valence-electron chi connectivity index (χ1n) is 6.31. The van der Waals surface area contributed by atoms with E-state index in [1.54, 1.807) is 0 Å². The largest absolute Gasteiger partial charge is 0.295 e. The standard InChI is InChI=1S/C14H13N5O/c20-13(18-14-15-9-16-19-14)8-7-11-6-5-10-3-1-2-4-12(10)17-11/h1-6,9H,7-8H2,(H2,15,16,18,19,20). The lowest BCUT2D eigenvalue weighted by Crippen LogP contribution is -2.13. The second-order valence-corrected chi connectivity index (χ2v) is 4.38. The highest BCUT2D eigenvalue weighted by Crippen LogP contribution is 2.12. The molecule has 3 aromatic rings. The number of hydrogen-bond donors (Lipinski definition) is 2. The topological polar surface area (TPSA) is 83.6 Å². The van der Waals surface area contributed by atoms with Crippen LogP contribution in [0.15, 0.2) is 42.7 Å². The molecule has 0 aliphatic heterocycles. The van der Waals surface area contributed by atoms with E-state index in [2.05, 4.69) is 25.5 Å². The van der Waals surface area contributed by atoms with Gasteiger partial charge in [0.2, 0.25) is 11.9 Å². The first-order chi connectivity index (χ1) is 9.81. The zero-order chi connectivity index (χ0) is 13.8. The van der Waals surface area contributed by atoms with E-state index in [4.69, 9.17) is 0 Å². The third-order valence-corrected chi connectivity index (χ3v) is 2.94. The molecule has 2 N–H and O–H groups in total. The van der Waals surface area contributed by atoms with Crippen LogP contribution in [0.2, 0.25) is 0 Å². The van der Waals surface area contributed by atoms with Crippen LogP contribution in [0.3, 0.4) is 0 Å². The minimum absolute atomic E-state index is 0.114. The van der Waals surface area contributed by atoms with Gasteiger partial charge in [-0.05, 0) is 18.6 Å². The van der Waals surface area contributed by atoms with Crippen molar-refractivity contribution in [3.05, 3.63) is 48.4 Å². The normalized spacial score (nSPS) is 10.6. The number of anilines is 1. The maximum absolute atomic E-state index is 11.7. The SMILES string of the molecule is O=C(CCc1ccc2ccccc2n1)Nc1ncn[nH]1. The molecule has 0 unspecified atom stereocenters. The molecule has 100 valence electrons. The fraction of sp³-hybridized carbons (Fsp3) is 0.143. The minimum atomic E-state index is -0.114. The van der Waals surface area contributed by atoms with E-state index in [-0.39, 0.29) is 5.91 Å². The Balaban J connectivity index is 1.63. The number of benzene rings is 1. The van der Waals surface area contributed by atoms with E-state index in [0.29, 0.717) is 18.8 Å². The van der Waals surface area contributed by atoms with Gasteiger partial charge >= 0.3 is 0 Å². The zero-order valence-corrected chi connectivity index (χ0v) is 10.7. The predicted octanol–water partition coefficient (Wildman–Crippen LogP) is 1.92. The maximum atomic E-state index is 11.7. The van der Waals surface area contributed by atoms with Crippen LogP contribution in [0.25, 0.3) is 10.9 Å². The first kappa shape index (κ1) is 12.3. The van der Waals surface area contributed by atoms with E-state index in [9.17, 15) is 4.79 Å². The molecule has 6 heteroatoms. The molecule has 0 saturated carbocycles. The summed E-state index contributed by atoms with van der Waals surface area (Å²) in [5.41, 5.74) is 1.84. The molecule has 1 aromatic carbocycles. The zero-order valence-electron chi connectivity index (χ0n) is 10.7. The number of amides is 1. The molecule has 2 heterocycles. The molecule has 20 heavy (non-hydrogen) atoms. The minimum Gasteiger partial charge on any atom is -0.295 e. The van der Waals surface area contributed by atoms with Gasteiger partial charge in [0.05, 0.1) is 5.52 Å². The molecule has 0 atom stereocenters. The molecule has 0 fully saturated rings. The third kappa shape index (κ3) is 2.80. The molecule has 6 nitrogen and oxygen atoms in total. The average Bonchev–Trinajstić information content (AvgIpc) is 2.98. The lowest BCUT2D eigenvalue weighted by Gasteiger charge is -2.03. The number of nitrogens with zero attached hydrogens (tertiary/aromatic N) is 3. The van der Waals surface area contributed by atoms with Crippen molar-refractivity contribution in [2.24, 2.45) is 0 Å². The molecule has 0 spiro atoms. The van der Waals surface area contributed by atoms with Crippen molar-refractivity contribution in [1.29, 1.82) is 0 Å². The van der Waals surface area contributed by atoms with E-state index in [0.717, 1.165) is 16.6 Å². The Labute approximate surface area is 115 Å². The van der Waals surface area contributed by atoms with Crippen LogP contribution in [-0.4, -0.2) is 26.1 Å². The van der Waals surface area contributed by atoms with E-state index < -0.39 is 0 Å². The fourth-order valence-electron chi connectivity index (χ4n) is 1.95. The Kier molecular flexibility index (Phi) is 3.36. The van der Waals surface area contributed by atoms with Gasteiger partial charge in [-0.1, -0.05) is 24.3 Å². The number of carbonyl (C=O) groups is 1. The van der Waals surface area contributed by atoms with Gasteiger partial charge in [-0.2, -0.15) is 10.1 Å². The van der Waals surface area contributed by atoms with Gasteiger partial charge in [0.25, 0.3) is 0 Å². The van der Waals surface area contributed by atoms with Gasteiger partial charge in [0.1, 0.15) is 6.33 Å². The van der Waals surface area contributed by atoms with Crippen molar-refractivity contribution in [3.8, 4) is 0 Å². The van der Waals surface area contributed by atoms with E-state index >= 15 is 0 Å². The number of aromatic nitrogens is 4. The summed E-state index contributed by atoms with van der Waals surface area (Å²) in [7, 11) is 0. The Hall–Kier alpha value is -2.76. The number of carbonyl (C=O) groups excluding carboxylic acids is 1. The molecule has 2 aromatic heterocycles. The molecule has 0 radical (unpaired) electrons. The highest BCUT2D eigenvalue weighted by Gasteiger charge is 2.06. The summed E-state index contributed by atoms with van der Waals surface area (Å²) in [5.74, 6) is 0.248. The lowest BCUT2D eigenvalue weighted by atomic mass is 10.1. The Bertz CT molecular complexity index is 723. The lowest BCUT2D eigenvalue weighted by molar-refractivity contribution is -0.116. The number of hydrogen-bond acceptors (Lipinski definition) is 4. The molecule has 3 rings (SSSR count). The number of aryl methyl sites for hydroxylation is 1. The summed E-state index contributed by atoms with van der Waals surface area (Å²) < 4.78 is 0.